The van der Waals surface area contributed by atoms with Crippen molar-refractivity contribution in [2.24, 2.45) is 0 Å². The van der Waals surface area contributed by atoms with Gasteiger partial charge in [0.05, 0.1) is 0 Å². The van der Waals surface area contributed by atoms with Gasteiger partial charge in [0, 0.05) is 46.3 Å². The van der Waals surface area contributed by atoms with Gasteiger partial charge in [-0.2, -0.15) is 15.0 Å². The van der Waals surface area contributed by atoms with Crippen molar-refractivity contribution in [3.63, 3.8) is 0 Å². The van der Waals surface area contributed by atoms with Crippen molar-refractivity contribution < 1.29 is 9.59 Å². The number of aromatic nitrogens is 5. The molecule has 1 aliphatic rings. The molecule has 2 aromatic heterocycles. The van der Waals surface area contributed by atoms with Crippen LogP contribution in [0.2, 0.25) is 0 Å². The first-order chi connectivity index (χ1) is 13.0. The van der Waals surface area contributed by atoms with Crippen molar-refractivity contribution >= 4 is 22.8 Å². The van der Waals surface area contributed by atoms with E-state index in [0.29, 0.717) is 31.7 Å². The average Bonchev–Trinajstić information content (AvgIpc) is 3.19. The second kappa shape index (κ2) is 6.82. The van der Waals surface area contributed by atoms with E-state index < -0.39 is 0 Å². The first-order valence-electron chi connectivity index (χ1n) is 8.86. The van der Waals surface area contributed by atoms with E-state index in [1.807, 2.05) is 28.8 Å². The topological polar surface area (TPSA) is 89.2 Å². The zero-order valence-electron chi connectivity index (χ0n) is 15.4. The maximum Gasteiger partial charge on any atom is 0.273 e. The molecule has 0 spiro atoms. The number of amides is 2. The van der Waals surface area contributed by atoms with E-state index >= 15 is 0 Å². The van der Waals surface area contributed by atoms with Crippen LogP contribution in [-0.4, -0.2) is 73.3 Å². The summed E-state index contributed by atoms with van der Waals surface area (Å²) in [5.74, 6) is 0.699. The minimum Gasteiger partial charge on any atom is -0.343 e. The van der Waals surface area contributed by atoms with E-state index in [9.17, 15) is 9.59 Å². The highest BCUT2D eigenvalue weighted by atomic mass is 16.2. The normalized spacial score (nSPS) is 14.1. The number of rotatable bonds is 3. The molecule has 140 valence electrons. The fourth-order valence-corrected chi connectivity index (χ4v) is 3.20. The molecule has 9 nitrogen and oxygen atoms in total. The van der Waals surface area contributed by atoms with Crippen LogP contribution in [-0.2, 0) is 24.3 Å². The lowest BCUT2D eigenvalue weighted by molar-refractivity contribution is -0.132. The number of hydrogen-bond donors (Lipinski definition) is 0. The van der Waals surface area contributed by atoms with Crippen molar-refractivity contribution in [1.82, 2.24) is 34.3 Å². The predicted octanol–water partition coefficient (Wildman–Crippen LogP) is 0.414. The Morgan fingerprint density at radius 1 is 1.07 bits per heavy atom. The van der Waals surface area contributed by atoms with Crippen LogP contribution in [0.25, 0.3) is 11.0 Å². The molecule has 0 bridgehead atoms. The van der Waals surface area contributed by atoms with Gasteiger partial charge in [0.2, 0.25) is 5.91 Å². The van der Waals surface area contributed by atoms with Gasteiger partial charge >= 0.3 is 0 Å². The Bertz CT molecular complexity index is 946. The second-order valence-corrected chi connectivity index (χ2v) is 6.79. The van der Waals surface area contributed by atoms with Gasteiger partial charge in [-0.15, -0.1) is 0 Å². The SMILES string of the molecule is CN(C)C(=O)c1cn2c(n1)CCN(C(=O)Cn1nc3ccccc3n1)CC2. The lowest BCUT2D eigenvalue weighted by Gasteiger charge is -2.19. The molecule has 1 aromatic carbocycles. The van der Waals surface area contributed by atoms with Crippen LogP contribution in [0, 0.1) is 0 Å². The van der Waals surface area contributed by atoms with E-state index in [1.165, 1.54) is 9.70 Å². The van der Waals surface area contributed by atoms with Crippen LogP contribution in [0.1, 0.15) is 16.3 Å². The molecule has 1 aliphatic heterocycles. The molecule has 3 aromatic rings. The Balaban J connectivity index is 1.42. The molecule has 2 amide bonds. The van der Waals surface area contributed by atoms with Crippen molar-refractivity contribution in [2.45, 2.75) is 19.5 Å². The van der Waals surface area contributed by atoms with Gasteiger partial charge < -0.3 is 14.4 Å². The third-order valence-electron chi connectivity index (χ3n) is 4.66. The van der Waals surface area contributed by atoms with E-state index in [0.717, 1.165) is 16.9 Å². The largest absolute Gasteiger partial charge is 0.343 e. The van der Waals surface area contributed by atoms with E-state index in [2.05, 4.69) is 15.2 Å². The number of nitrogens with zero attached hydrogens (tertiary/aromatic N) is 7. The van der Waals surface area contributed by atoms with E-state index in [-0.39, 0.29) is 18.4 Å². The van der Waals surface area contributed by atoms with Crippen molar-refractivity contribution in [2.75, 3.05) is 27.2 Å². The third-order valence-corrected chi connectivity index (χ3v) is 4.66. The molecule has 0 aliphatic carbocycles. The van der Waals surface area contributed by atoms with Gasteiger partial charge in [0.15, 0.2) is 0 Å². The van der Waals surface area contributed by atoms with Gasteiger partial charge in [-0.05, 0) is 12.1 Å². The molecule has 0 radical (unpaired) electrons. The average molecular weight is 367 g/mol. The van der Waals surface area contributed by atoms with Crippen LogP contribution >= 0.6 is 0 Å². The maximum atomic E-state index is 12.7. The van der Waals surface area contributed by atoms with Gasteiger partial charge in [-0.1, -0.05) is 12.1 Å². The lowest BCUT2D eigenvalue weighted by Crippen LogP contribution is -2.36. The summed E-state index contributed by atoms with van der Waals surface area (Å²) in [4.78, 5) is 33.9. The molecule has 27 heavy (non-hydrogen) atoms. The summed E-state index contributed by atoms with van der Waals surface area (Å²) in [5.41, 5.74) is 2.00. The standard InChI is InChI=1S/C18H21N7O2/c1-22(2)18(27)15-11-24-10-9-23(8-7-16(24)19-15)17(26)12-25-20-13-5-3-4-6-14(13)21-25/h3-6,11H,7-10,12H2,1-2H3. The highest BCUT2D eigenvalue weighted by molar-refractivity contribution is 5.91. The van der Waals surface area contributed by atoms with Crippen LogP contribution in [0.15, 0.2) is 30.5 Å². The summed E-state index contributed by atoms with van der Waals surface area (Å²) in [5, 5.41) is 8.69. The van der Waals surface area contributed by atoms with E-state index in [1.54, 1.807) is 25.2 Å². The molecular weight excluding hydrogens is 346 g/mol. The smallest absolute Gasteiger partial charge is 0.273 e. The summed E-state index contributed by atoms with van der Waals surface area (Å²) in [7, 11) is 3.42. The quantitative estimate of drug-likeness (QED) is 0.669. The van der Waals surface area contributed by atoms with Crippen molar-refractivity contribution in [3.05, 3.63) is 42.0 Å². The van der Waals surface area contributed by atoms with Gasteiger partial charge in [-0.25, -0.2) is 4.98 Å². The molecule has 0 unspecified atom stereocenters. The zero-order valence-corrected chi connectivity index (χ0v) is 15.4. The molecule has 9 heteroatoms. The summed E-state index contributed by atoms with van der Waals surface area (Å²) < 4.78 is 1.96. The second-order valence-electron chi connectivity index (χ2n) is 6.79. The summed E-state index contributed by atoms with van der Waals surface area (Å²) in [6, 6.07) is 7.55. The fourth-order valence-electron chi connectivity index (χ4n) is 3.20. The number of benzene rings is 1. The lowest BCUT2D eigenvalue weighted by atomic mass is 10.3. The summed E-state index contributed by atoms with van der Waals surface area (Å²) >= 11 is 0. The first kappa shape index (κ1) is 17.2. The van der Waals surface area contributed by atoms with Crippen LogP contribution in [0.4, 0.5) is 0 Å². The monoisotopic (exact) mass is 367 g/mol. The van der Waals surface area contributed by atoms with Crippen molar-refractivity contribution in [1.29, 1.82) is 0 Å². The number of carbonyl (C=O) groups excluding carboxylic acids is 2. The highest BCUT2D eigenvalue weighted by Gasteiger charge is 2.22. The highest BCUT2D eigenvalue weighted by Crippen LogP contribution is 2.12. The Labute approximate surface area is 156 Å². The molecule has 0 fully saturated rings. The maximum absolute atomic E-state index is 12.7. The van der Waals surface area contributed by atoms with Crippen LogP contribution in [0.3, 0.4) is 0 Å². The van der Waals surface area contributed by atoms with Crippen LogP contribution in [0.5, 0.6) is 0 Å². The Kier molecular flexibility index (Phi) is 4.35. The Hall–Kier alpha value is -3.23. The zero-order chi connectivity index (χ0) is 19.0. The predicted molar refractivity (Wildman–Crippen MR) is 98.1 cm³/mol. The molecular formula is C18H21N7O2. The summed E-state index contributed by atoms with van der Waals surface area (Å²) in [6.07, 6.45) is 2.38. The molecule has 0 N–H and O–H groups in total. The Morgan fingerprint density at radius 3 is 2.44 bits per heavy atom. The summed E-state index contributed by atoms with van der Waals surface area (Å²) in [6.45, 7) is 1.86. The number of carbonyl (C=O) groups is 2. The Morgan fingerprint density at radius 2 is 1.78 bits per heavy atom. The third kappa shape index (κ3) is 3.40. The van der Waals surface area contributed by atoms with Gasteiger partial charge in [0.25, 0.3) is 5.91 Å². The fraction of sp³-hybridized carbons (Fsp3) is 0.389. The minimum atomic E-state index is -0.111. The van der Waals surface area contributed by atoms with E-state index in [4.69, 9.17) is 0 Å². The van der Waals surface area contributed by atoms with Gasteiger partial charge in [-0.3, -0.25) is 9.59 Å². The van der Waals surface area contributed by atoms with Crippen LogP contribution < -0.4 is 0 Å². The molecule has 0 saturated carbocycles. The van der Waals surface area contributed by atoms with Crippen molar-refractivity contribution in [3.8, 4) is 0 Å². The minimum absolute atomic E-state index is 0.0225. The first-order valence-corrected chi connectivity index (χ1v) is 8.86. The number of imidazole rings is 1. The number of hydrogen-bond acceptors (Lipinski definition) is 5. The molecule has 0 saturated heterocycles. The molecule has 0 atom stereocenters. The molecule has 3 heterocycles. The van der Waals surface area contributed by atoms with Gasteiger partial charge in [0.1, 0.15) is 29.1 Å². The number of fused-ring (bicyclic) bond motifs is 2. The molecule has 4 rings (SSSR count).